The van der Waals surface area contributed by atoms with Crippen molar-refractivity contribution in [1.82, 2.24) is 14.8 Å². The molecule has 1 aromatic heterocycles. The topological polar surface area (TPSA) is 92.8 Å². The van der Waals surface area contributed by atoms with E-state index in [2.05, 4.69) is 21.6 Å². The van der Waals surface area contributed by atoms with Crippen LogP contribution in [0.5, 0.6) is 5.75 Å². The fourth-order valence-electron chi connectivity index (χ4n) is 3.88. The molecule has 0 bridgehead atoms. The summed E-state index contributed by atoms with van der Waals surface area (Å²) < 4.78 is 7.79. The van der Waals surface area contributed by atoms with E-state index in [4.69, 9.17) is 10.00 Å². The molecule has 0 aliphatic rings. The van der Waals surface area contributed by atoms with Gasteiger partial charge in [0.05, 0.1) is 17.4 Å². The maximum Gasteiger partial charge on any atom is 0.234 e. The Morgan fingerprint density at radius 3 is 2.29 bits per heavy atom. The average molecular weight is 518 g/mol. The van der Waals surface area contributed by atoms with Crippen molar-refractivity contribution in [3.8, 4) is 28.6 Å². The standard InChI is InChI=1S/C30H23N5O2S/c31-19-22-15-17-25(18-16-22)37-20-28-33-34-30(35(28)24-11-5-2-6-12-24)38-21-29(36)32-27-14-8-7-13-26(27)23-9-3-1-4-10-23/h1-18H,20-21H2,(H,32,36). The minimum absolute atomic E-state index is 0.142. The Hall–Kier alpha value is -4.87. The zero-order valence-corrected chi connectivity index (χ0v) is 21.1. The van der Waals surface area contributed by atoms with Crippen molar-refractivity contribution in [1.29, 1.82) is 5.26 Å². The van der Waals surface area contributed by atoms with E-state index in [1.165, 1.54) is 11.8 Å². The maximum atomic E-state index is 12.9. The van der Waals surface area contributed by atoms with E-state index in [1.807, 2.05) is 89.5 Å². The van der Waals surface area contributed by atoms with E-state index >= 15 is 0 Å². The normalized spacial score (nSPS) is 10.5. The van der Waals surface area contributed by atoms with Crippen molar-refractivity contribution >= 4 is 23.4 Å². The largest absolute Gasteiger partial charge is 0.486 e. The molecule has 0 radical (unpaired) electrons. The first kappa shape index (κ1) is 24.8. The summed E-state index contributed by atoms with van der Waals surface area (Å²) in [5.74, 6) is 1.23. The Labute approximate surface area is 224 Å². The van der Waals surface area contributed by atoms with Gasteiger partial charge in [-0.3, -0.25) is 9.36 Å². The number of nitriles is 1. The molecule has 8 heteroatoms. The minimum Gasteiger partial charge on any atom is -0.486 e. The number of carbonyl (C=O) groups is 1. The molecule has 38 heavy (non-hydrogen) atoms. The molecule has 0 fully saturated rings. The highest BCUT2D eigenvalue weighted by atomic mass is 32.2. The Kier molecular flexibility index (Phi) is 7.78. The molecule has 1 amide bonds. The summed E-state index contributed by atoms with van der Waals surface area (Å²) in [5.41, 5.74) is 4.18. The molecule has 0 saturated carbocycles. The van der Waals surface area contributed by atoms with E-state index < -0.39 is 0 Å². The first-order chi connectivity index (χ1) is 18.7. The first-order valence-electron chi connectivity index (χ1n) is 11.9. The van der Waals surface area contributed by atoms with E-state index in [1.54, 1.807) is 24.3 Å². The van der Waals surface area contributed by atoms with Crippen molar-refractivity contribution in [3.63, 3.8) is 0 Å². The van der Waals surface area contributed by atoms with Crippen molar-refractivity contribution in [2.75, 3.05) is 11.1 Å². The van der Waals surface area contributed by atoms with Gasteiger partial charge in [-0.2, -0.15) is 5.26 Å². The van der Waals surface area contributed by atoms with Crippen LogP contribution in [-0.2, 0) is 11.4 Å². The number of hydrogen-bond acceptors (Lipinski definition) is 6. The zero-order chi connectivity index (χ0) is 26.2. The molecule has 1 heterocycles. The smallest absolute Gasteiger partial charge is 0.234 e. The summed E-state index contributed by atoms with van der Waals surface area (Å²) in [4.78, 5) is 12.9. The number of benzene rings is 4. The fourth-order valence-corrected chi connectivity index (χ4v) is 4.65. The van der Waals surface area contributed by atoms with Crippen molar-refractivity contribution in [2.45, 2.75) is 11.8 Å². The fraction of sp³-hybridized carbons (Fsp3) is 0.0667. The Balaban J connectivity index is 1.31. The van der Waals surface area contributed by atoms with Gasteiger partial charge in [0.1, 0.15) is 12.4 Å². The predicted octanol–water partition coefficient (Wildman–Crippen LogP) is 6.12. The lowest BCUT2D eigenvalue weighted by Gasteiger charge is -2.12. The summed E-state index contributed by atoms with van der Waals surface area (Å²) in [6.07, 6.45) is 0. The maximum absolute atomic E-state index is 12.9. The van der Waals surface area contributed by atoms with Crippen LogP contribution < -0.4 is 10.1 Å². The van der Waals surface area contributed by atoms with Gasteiger partial charge in [0.25, 0.3) is 0 Å². The molecule has 5 rings (SSSR count). The summed E-state index contributed by atoms with van der Waals surface area (Å²) in [7, 11) is 0. The quantitative estimate of drug-likeness (QED) is 0.237. The lowest BCUT2D eigenvalue weighted by Crippen LogP contribution is -2.15. The summed E-state index contributed by atoms with van der Waals surface area (Å²) in [6.45, 7) is 0.172. The Morgan fingerprint density at radius 1 is 0.868 bits per heavy atom. The van der Waals surface area contributed by atoms with Crippen LogP contribution in [0.2, 0.25) is 0 Å². The third kappa shape index (κ3) is 5.91. The highest BCUT2D eigenvalue weighted by Crippen LogP contribution is 2.28. The third-order valence-corrected chi connectivity index (χ3v) is 6.61. The van der Waals surface area contributed by atoms with Crippen LogP contribution in [0.15, 0.2) is 114 Å². The van der Waals surface area contributed by atoms with Gasteiger partial charge in [-0.15, -0.1) is 10.2 Å². The number of nitrogens with zero attached hydrogens (tertiary/aromatic N) is 4. The number of amides is 1. The van der Waals surface area contributed by atoms with E-state index in [0.717, 1.165) is 22.5 Å². The Bertz CT molecular complexity index is 1560. The number of nitrogens with one attached hydrogen (secondary N) is 1. The molecule has 0 spiro atoms. The number of aromatic nitrogens is 3. The molecular formula is C30H23N5O2S. The van der Waals surface area contributed by atoms with Gasteiger partial charge >= 0.3 is 0 Å². The number of hydrogen-bond donors (Lipinski definition) is 1. The van der Waals surface area contributed by atoms with Crippen LogP contribution >= 0.6 is 11.8 Å². The summed E-state index contributed by atoms with van der Waals surface area (Å²) in [6, 6.07) is 36.4. The molecule has 7 nitrogen and oxygen atoms in total. The zero-order valence-electron chi connectivity index (χ0n) is 20.3. The second kappa shape index (κ2) is 11.9. The van der Waals surface area contributed by atoms with E-state index in [9.17, 15) is 4.79 Å². The number of anilines is 1. The second-order valence-electron chi connectivity index (χ2n) is 8.24. The third-order valence-electron chi connectivity index (χ3n) is 5.68. The highest BCUT2D eigenvalue weighted by molar-refractivity contribution is 7.99. The van der Waals surface area contributed by atoms with Crippen LogP contribution in [-0.4, -0.2) is 26.4 Å². The number of carbonyl (C=O) groups excluding carboxylic acids is 1. The van der Waals surface area contributed by atoms with Gasteiger partial charge in [0.2, 0.25) is 5.91 Å². The molecule has 186 valence electrons. The van der Waals surface area contributed by atoms with Gasteiger partial charge in [-0.25, -0.2) is 0 Å². The van der Waals surface area contributed by atoms with Crippen molar-refractivity contribution in [2.24, 2.45) is 0 Å². The van der Waals surface area contributed by atoms with Crippen molar-refractivity contribution < 1.29 is 9.53 Å². The molecule has 1 N–H and O–H groups in total. The lowest BCUT2D eigenvalue weighted by atomic mass is 10.0. The molecule has 4 aromatic carbocycles. The van der Waals surface area contributed by atoms with Gasteiger partial charge in [0.15, 0.2) is 11.0 Å². The van der Waals surface area contributed by atoms with Crippen LogP contribution in [0.3, 0.4) is 0 Å². The van der Waals surface area contributed by atoms with Crippen LogP contribution in [0.4, 0.5) is 5.69 Å². The predicted molar refractivity (Wildman–Crippen MR) is 148 cm³/mol. The van der Waals surface area contributed by atoms with Gasteiger partial charge < -0.3 is 10.1 Å². The summed E-state index contributed by atoms with van der Waals surface area (Å²) >= 11 is 1.30. The van der Waals surface area contributed by atoms with Gasteiger partial charge in [-0.05, 0) is 48.0 Å². The molecule has 0 saturated heterocycles. The second-order valence-corrected chi connectivity index (χ2v) is 9.19. The molecular weight excluding hydrogens is 494 g/mol. The number of rotatable bonds is 9. The summed E-state index contributed by atoms with van der Waals surface area (Å²) in [5, 5.41) is 21.3. The molecule has 0 aliphatic heterocycles. The molecule has 0 aliphatic carbocycles. The first-order valence-corrected chi connectivity index (χ1v) is 12.9. The highest BCUT2D eigenvalue weighted by Gasteiger charge is 2.17. The van der Waals surface area contributed by atoms with E-state index in [-0.39, 0.29) is 18.3 Å². The minimum atomic E-state index is -0.142. The van der Waals surface area contributed by atoms with Gasteiger partial charge in [0, 0.05) is 16.9 Å². The van der Waals surface area contributed by atoms with E-state index in [0.29, 0.717) is 22.3 Å². The molecule has 5 aromatic rings. The Morgan fingerprint density at radius 2 is 1.55 bits per heavy atom. The monoisotopic (exact) mass is 517 g/mol. The number of ether oxygens (including phenoxy) is 1. The van der Waals surface area contributed by atoms with Crippen LogP contribution in [0.25, 0.3) is 16.8 Å². The molecule has 0 unspecified atom stereocenters. The molecule has 0 atom stereocenters. The van der Waals surface area contributed by atoms with Crippen LogP contribution in [0, 0.1) is 11.3 Å². The SMILES string of the molecule is N#Cc1ccc(OCc2nnc(SCC(=O)Nc3ccccc3-c3ccccc3)n2-c2ccccc2)cc1. The number of para-hydroxylation sites is 2. The van der Waals surface area contributed by atoms with Crippen LogP contribution in [0.1, 0.15) is 11.4 Å². The number of thioether (sulfide) groups is 1. The van der Waals surface area contributed by atoms with Crippen molar-refractivity contribution in [3.05, 3.63) is 121 Å². The average Bonchev–Trinajstić information content (AvgIpc) is 3.39. The lowest BCUT2D eigenvalue weighted by molar-refractivity contribution is -0.113. The van der Waals surface area contributed by atoms with Gasteiger partial charge in [-0.1, -0.05) is 78.5 Å².